The van der Waals surface area contributed by atoms with E-state index in [2.05, 4.69) is 30.0 Å². The largest absolute Gasteiger partial charge is 0.433 e. The van der Waals surface area contributed by atoms with E-state index in [0.29, 0.717) is 39.0 Å². The molecule has 0 aliphatic carbocycles. The molecule has 4 rings (SSSR count). The molecule has 1 amide bonds. The van der Waals surface area contributed by atoms with Gasteiger partial charge in [-0.25, -0.2) is 15.0 Å². The second kappa shape index (κ2) is 9.63. The van der Waals surface area contributed by atoms with Gasteiger partial charge < -0.3 is 15.5 Å². The first-order valence-corrected chi connectivity index (χ1v) is 11.1. The maximum atomic E-state index is 12.9. The molecule has 3 aromatic rings. The lowest BCUT2D eigenvalue weighted by molar-refractivity contribution is -0.141. The number of rotatable bonds is 7. The highest BCUT2D eigenvalue weighted by Gasteiger charge is 2.34. The third kappa shape index (κ3) is 5.23. The molecule has 0 aromatic carbocycles. The number of alkyl halides is 3. The van der Waals surface area contributed by atoms with E-state index in [0.717, 1.165) is 34.7 Å². The standard InChI is InChI=1S/C20H22F3N7OS/c21-20(22,23)15-4-10-27-19(28-15)30-11-5-13(6-12-30)17(31)25-9-2-8-24-16-14-3-1-7-26-18(14)32-29-16/h1,3-4,7,10,13H,2,5-6,8-9,11-12H2,(H,24,29)(H,25,31). The van der Waals surface area contributed by atoms with Gasteiger partial charge in [0.15, 0.2) is 0 Å². The van der Waals surface area contributed by atoms with Crippen LogP contribution in [0.3, 0.4) is 0 Å². The first kappa shape index (κ1) is 22.2. The number of nitrogens with zero attached hydrogens (tertiary/aromatic N) is 5. The van der Waals surface area contributed by atoms with E-state index in [1.807, 2.05) is 12.1 Å². The summed E-state index contributed by atoms with van der Waals surface area (Å²) in [5.41, 5.74) is -0.960. The molecule has 3 aromatic heterocycles. The van der Waals surface area contributed by atoms with Crippen LogP contribution in [0, 0.1) is 5.92 Å². The molecule has 0 spiro atoms. The molecule has 0 unspecified atom stereocenters. The van der Waals surface area contributed by atoms with Gasteiger partial charge in [-0.05, 0) is 49.0 Å². The van der Waals surface area contributed by atoms with Crippen molar-refractivity contribution in [2.45, 2.75) is 25.4 Å². The van der Waals surface area contributed by atoms with Crippen LogP contribution in [0.4, 0.5) is 24.9 Å². The van der Waals surface area contributed by atoms with Gasteiger partial charge in [-0.3, -0.25) is 4.79 Å². The summed E-state index contributed by atoms with van der Waals surface area (Å²) in [4.78, 5) is 26.9. The lowest BCUT2D eigenvalue weighted by atomic mass is 9.96. The van der Waals surface area contributed by atoms with Crippen molar-refractivity contribution >= 4 is 39.4 Å². The third-order valence-electron chi connectivity index (χ3n) is 5.28. The second-order valence-corrected chi connectivity index (χ2v) is 8.21. The fourth-order valence-corrected chi connectivity index (χ4v) is 4.27. The van der Waals surface area contributed by atoms with Crippen LogP contribution in [0.1, 0.15) is 25.0 Å². The molecule has 12 heteroatoms. The van der Waals surface area contributed by atoms with Gasteiger partial charge in [-0.2, -0.15) is 17.5 Å². The number of nitrogens with one attached hydrogen (secondary N) is 2. The SMILES string of the molecule is O=C(NCCCNc1nsc2ncccc12)C1CCN(c2nccc(C(F)(F)F)n2)CC1. The Labute approximate surface area is 186 Å². The van der Waals surface area contributed by atoms with Crippen LogP contribution in [0.15, 0.2) is 30.6 Å². The van der Waals surface area contributed by atoms with Gasteiger partial charge in [0.25, 0.3) is 0 Å². The Balaban J connectivity index is 1.18. The average Bonchev–Trinajstić information content (AvgIpc) is 3.21. The van der Waals surface area contributed by atoms with E-state index in [4.69, 9.17) is 0 Å². The predicted molar refractivity (Wildman–Crippen MR) is 116 cm³/mol. The fourth-order valence-electron chi connectivity index (χ4n) is 3.56. The molecule has 1 saturated heterocycles. The minimum atomic E-state index is -4.51. The van der Waals surface area contributed by atoms with Crippen molar-refractivity contribution in [2.75, 3.05) is 36.4 Å². The second-order valence-electron chi connectivity index (χ2n) is 7.46. The molecule has 0 radical (unpaired) electrons. The van der Waals surface area contributed by atoms with Gasteiger partial charge in [0.1, 0.15) is 16.3 Å². The van der Waals surface area contributed by atoms with Crippen LogP contribution < -0.4 is 15.5 Å². The van der Waals surface area contributed by atoms with Gasteiger partial charge in [0.2, 0.25) is 11.9 Å². The lowest BCUT2D eigenvalue weighted by Gasteiger charge is -2.31. The highest BCUT2D eigenvalue weighted by molar-refractivity contribution is 7.13. The summed E-state index contributed by atoms with van der Waals surface area (Å²) >= 11 is 1.34. The molecule has 1 aliphatic rings. The molecule has 2 N–H and O–H groups in total. The number of aromatic nitrogens is 4. The number of fused-ring (bicyclic) bond motifs is 1. The Kier molecular flexibility index (Phi) is 6.68. The molecule has 0 atom stereocenters. The summed E-state index contributed by atoms with van der Waals surface area (Å²) < 4.78 is 42.9. The predicted octanol–water partition coefficient (Wildman–Crippen LogP) is 3.33. The molecule has 4 heterocycles. The van der Waals surface area contributed by atoms with E-state index in [1.54, 1.807) is 11.1 Å². The number of carbonyl (C=O) groups is 1. The van der Waals surface area contributed by atoms with Crippen molar-refractivity contribution in [2.24, 2.45) is 5.92 Å². The van der Waals surface area contributed by atoms with Crippen molar-refractivity contribution in [3.8, 4) is 0 Å². The van der Waals surface area contributed by atoms with E-state index in [1.165, 1.54) is 11.5 Å². The molecule has 1 fully saturated rings. The summed E-state index contributed by atoms with van der Waals surface area (Å²) in [7, 11) is 0. The molecular formula is C20H22F3N7OS. The van der Waals surface area contributed by atoms with Crippen LogP contribution in [-0.2, 0) is 11.0 Å². The molecule has 0 bridgehead atoms. The van der Waals surface area contributed by atoms with Crippen molar-refractivity contribution < 1.29 is 18.0 Å². The number of amides is 1. The smallest absolute Gasteiger partial charge is 0.369 e. The molecular weight excluding hydrogens is 443 g/mol. The molecule has 32 heavy (non-hydrogen) atoms. The summed E-state index contributed by atoms with van der Waals surface area (Å²) in [6, 6.07) is 4.69. The summed E-state index contributed by atoms with van der Waals surface area (Å²) in [5, 5.41) is 7.20. The zero-order chi connectivity index (χ0) is 22.6. The Morgan fingerprint density at radius 1 is 1.16 bits per heavy atom. The maximum absolute atomic E-state index is 12.9. The highest BCUT2D eigenvalue weighted by Crippen LogP contribution is 2.29. The zero-order valence-electron chi connectivity index (χ0n) is 17.1. The first-order valence-electron chi connectivity index (χ1n) is 10.3. The van der Waals surface area contributed by atoms with Gasteiger partial charge >= 0.3 is 6.18 Å². The Morgan fingerprint density at radius 3 is 2.75 bits per heavy atom. The summed E-state index contributed by atoms with van der Waals surface area (Å²) in [5.74, 6) is 0.652. The maximum Gasteiger partial charge on any atom is 0.433 e. The topological polar surface area (TPSA) is 95.9 Å². The van der Waals surface area contributed by atoms with Crippen LogP contribution in [-0.4, -0.2) is 51.4 Å². The molecule has 0 saturated carbocycles. The van der Waals surface area contributed by atoms with Gasteiger partial charge in [0.05, 0.1) is 5.39 Å². The minimum Gasteiger partial charge on any atom is -0.369 e. The highest BCUT2D eigenvalue weighted by atomic mass is 32.1. The monoisotopic (exact) mass is 465 g/mol. The van der Waals surface area contributed by atoms with Gasteiger partial charge in [-0.15, -0.1) is 0 Å². The van der Waals surface area contributed by atoms with E-state index in [9.17, 15) is 18.0 Å². The minimum absolute atomic E-state index is 0.0297. The van der Waals surface area contributed by atoms with Gasteiger partial charge in [-0.1, -0.05) is 0 Å². The van der Waals surface area contributed by atoms with Crippen molar-refractivity contribution in [3.63, 3.8) is 0 Å². The number of piperidine rings is 1. The average molecular weight is 466 g/mol. The number of anilines is 2. The van der Waals surface area contributed by atoms with Crippen LogP contribution in [0.5, 0.6) is 0 Å². The van der Waals surface area contributed by atoms with E-state index >= 15 is 0 Å². The van der Waals surface area contributed by atoms with Crippen LogP contribution >= 0.6 is 11.5 Å². The Morgan fingerprint density at radius 2 is 1.97 bits per heavy atom. The summed E-state index contributed by atoms with van der Waals surface area (Å²) in [6.45, 7) is 2.07. The Bertz CT molecular complexity index is 1070. The number of pyridine rings is 1. The lowest BCUT2D eigenvalue weighted by Crippen LogP contribution is -2.41. The van der Waals surface area contributed by atoms with Crippen LogP contribution in [0.25, 0.3) is 10.2 Å². The zero-order valence-corrected chi connectivity index (χ0v) is 17.9. The van der Waals surface area contributed by atoms with Crippen molar-refractivity contribution in [1.82, 2.24) is 24.6 Å². The molecule has 1 aliphatic heterocycles. The quantitative estimate of drug-likeness (QED) is 0.517. The van der Waals surface area contributed by atoms with Crippen LogP contribution in [0.2, 0.25) is 0 Å². The van der Waals surface area contributed by atoms with Gasteiger partial charge in [0, 0.05) is 44.5 Å². The number of hydrogen-bond donors (Lipinski definition) is 2. The Hall–Kier alpha value is -3.02. The fraction of sp³-hybridized carbons (Fsp3) is 0.450. The van der Waals surface area contributed by atoms with E-state index in [-0.39, 0.29) is 17.8 Å². The van der Waals surface area contributed by atoms with E-state index < -0.39 is 11.9 Å². The third-order valence-corrected chi connectivity index (χ3v) is 6.05. The number of hydrogen-bond acceptors (Lipinski definition) is 8. The number of halogens is 3. The molecule has 170 valence electrons. The number of carbonyl (C=O) groups excluding carboxylic acids is 1. The summed E-state index contributed by atoms with van der Waals surface area (Å²) in [6.07, 6.45) is 0.166. The first-order chi connectivity index (χ1) is 15.4. The van der Waals surface area contributed by atoms with Crippen molar-refractivity contribution in [3.05, 3.63) is 36.3 Å². The van der Waals surface area contributed by atoms with Crippen molar-refractivity contribution in [1.29, 1.82) is 0 Å². The normalized spacial score (nSPS) is 15.2. The molecule has 8 nitrogen and oxygen atoms in total.